The summed E-state index contributed by atoms with van der Waals surface area (Å²) in [7, 11) is 0. The number of carbonyl (C=O) groups excluding carboxylic acids is 2. The number of halogens is 1. The molecular weight excluding hydrogens is 345 g/mol. The molecule has 0 aromatic heterocycles. The summed E-state index contributed by atoms with van der Waals surface area (Å²) in [4.78, 5) is 29.7. The largest absolute Gasteiger partial charge is 0.368 e. The Morgan fingerprint density at radius 1 is 0.889 bits per heavy atom. The van der Waals surface area contributed by atoms with Gasteiger partial charge in [0.25, 0.3) is 0 Å². The molecule has 2 aliphatic rings. The molecule has 6 heteroatoms. The lowest BCUT2D eigenvalue weighted by molar-refractivity contribution is -0.142. The number of anilines is 2. The second kappa shape index (κ2) is 7.02. The van der Waals surface area contributed by atoms with Gasteiger partial charge in [0.1, 0.15) is 11.2 Å². The Morgan fingerprint density at radius 3 is 2.11 bits per heavy atom. The number of piperazine rings is 1. The summed E-state index contributed by atoms with van der Waals surface area (Å²) in [5, 5.41) is 2.76. The Morgan fingerprint density at radius 2 is 1.52 bits per heavy atom. The van der Waals surface area contributed by atoms with Gasteiger partial charge in [-0.15, -0.1) is 0 Å². The average Bonchev–Trinajstić information content (AvgIpc) is 3.52. The molecule has 1 aliphatic carbocycles. The molecule has 4 rings (SSSR count). The summed E-state index contributed by atoms with van der Waals surface area (Å²) in [6, 6.07) is 15.7. The van der Waals surface area contributed by atoms with Gasteiger partial charge in [-0.2, -0.15) is 0 Å². The fraction of sp³-hybridized carbons (Fsp3) is 0.333. The van der Waals surface area contributed by atoms with Crippen LogP contribution in [0.15, 0.2) is 54.6 Å². The van der Waals surface area contributed by atoms with Crippen LogP contribution in [0.4, 0.5) is 15.8 Å². The van der Waals surface area contributed by atoms with Crippen LogP contribution in [-0.2, 0) is 9.59 Å². The fourth-order valence-corrected chi connectivity index (χ4v) is 3.56. The lowest BCUT2D eigenvalue weighted by atomic mass is 10.0. The van der Waals surface area contributed by atoms with Crippen LogP contribution in [0.1, 0.15) is 12.8 Å². The zero-order valence-corrected chi connectivity index (χ0v) is 15.0. The van der Waals surface area contributed by atoms with Crippen molar-refractivity contribution in [3.63, 3.8) is 0 Å². The number of rotatable bonds is 4. The topological polar surface area (TPSA) is 52.7 Å². The number of hydrogen-bond donors (Lipinski definition) is 1. The highest BCUT2D eigenvalue weighted by molar-refractivity contribution is 6.13. The van der Waals surface area contributed by atoms with E-state index < -0.39 is 5.41 Å². The van der Waals surface area contributed by atoms with Crippen LogP contribution in [0.25, 0.3) is 0 Å². The maximum atomic E-state index is 13.0. The first-order chi connectivity index (χ1) is 13.1. The maximum Gasteiger partial charge on any atom is 0.240 e. The molecule has 2 fully saturated rings. The van der Waals surface area contributed by atoms with Gasteiger partial charge in [0, 0.05) is 37.6 Å². The molecular formula is C21H22FN3O2. The van der Waals surface area contributed by atoms with Crippen molar-refractivity contribution in [3.8, 4) is 0 Å². The second-order valence-corrected chi connectivity index (χ2v) is 7.16. The Hall–Kier alpha value is -2.89. The summed E-state index contributed by atoms with van der Waals surface area (Å²) in [6.07, 6.45) is 1.13. The van der Waals surface area contributed by atoms with Crippen molar-refractivity contribution in [1.82, 2.24) is 4.90 Å². The van der Waals surface area contributed by atoms with Gasteiger partial charge >= 0.3 is 0 Å². The predicted octanol–water partition coefficient (Wildman–Crippen LogP) is 2.89. The molecule has 0 atom stereocenters. The molecule has 1 N–H and O–H groups in total. The molecule has 2 aromatic rings. The highest BCUT2D eigenvalue weighted by Gasteiger charge is 2.58. The summed E-state index contributed by atoms with van der Waals surface area (Å²) in [5.74, 6) is -0.735. The second-order valence-electron chi connectivity index (χ2n) is 7.16. The third-order valence-electron chi connectivity index (χ3n) is 5.38. The van der Waals surface area contributed by atoms with Gasteiger partial charge in [-0.1, -0.05) is 18.2 Å². The number of amides is 2. The van der Waals surface area contributed by atoms with Crippen molar-refractivity contribution >= 4 is 23.2 Å². The van der Waals surface area contributed by atoms with E-state index in [1.54, 1.807) is 4.90 Å². The highest BCUT2D eigenvalue weighted by Crippen LogP contribution is 2.48. The first-order valence-corrected chi connectivity index (χ1v) is 9.25. The molecule has 1 heterocycles. The zero-order chi connectivity index (χ0) is 18.9. The molecule has 0 radical (unpaired) electrons. The van der Waals surface area contributed by atoms with Gasteiger partial charge in [0.2, 0.25) is 11.8 Å². The Kier molecular flexibility index (Phi) is 4.56. The number of nitrogens with zero attached hydrogens (tertiary/aromatic N) is 2. The van der Waals surface area contributed by atoms with E-state index >= 15 is 0 Å². The maximum absolute atomic E-state index is 13.0. The van der Waals surface area contributed by atoms with Gasteiger partial charge in [0.05, 0.1) is 0 Å². The van der Waals surface area contributed by atoms with E-state index in [4.69, 9.17) is 0 Å². The Bertz CT molecular complexity index is 826. The minimum atomic E-state index is -0.955. The van der Waals surface area contributed by atoms with Crippen LogP contribution in [0.3, 0.4) is 0 Å². The molecule has 2 aromatic carbocycles. The third-order valence-corrected chi connectivity index (χ3v) is 5.38. The lowest BCUT2D eigenvalue weighted by Gasteiger charge is -2.37. The van der Waals surface area contributed by atoms with Gasteiger partial charge in [-0.3, -0.25) is 9.59 Å². The minimum Gasteiger partial charge on any atom is -0.368 e. The van der Waals surface area contributed by atoms with Crippen LogP contribution in [0, 0.1) is 11.2 Å². The van der Waals surface area contributed by atoms with Crippen molar-refractivity contribution in [2.75, 3.05) is 36.4 Å². The van der Waals surface area contributed by atoms with E-state index in [1.165, 1.54) is 24.3 Å². The van der Waals surface area contributed by atoms with E-state index in [1.807, 2.05) is 18.2 Å². The number of hydrogen-bond acceptors (Lipinski definition) is 3. The van der Waals surface area contributed by atoms with Crippen molar-refractivity contribution < 1.29 is 14.0 Å². The predicted molar refractivity (Wildman–Crippen MR) is 102 cm³/mol. The Labute approximate surface area is 157 Å². The van der Waals surface area contributed by atoms with Crippen molar-refractivity contribution in [1.29, 1.82) is 0 Å². The van der Waals surface area contributed by atoms with Crippen molar-refractivity contribution in [2.45, 2.75) is 12.8 Å². The standard InChI is InChI=1S/C21H22FN3O2/c22-16-6-8-17(9-7-16)23-19(26)21(10-11-21)20(27)25-14-12-24(13-15-25)18-4-2-1-3-5-18/h1-9H,10-15H2,(H,23,26). The molecule has 1 saturated carbocycles. The van der Waals surface area contributed by atoms with Crippen LogP contribution < -0.4 is 10.2 Å². The van der Waals surface area contributed by atoms with E-state index in [2.05, 4.69) is 22.3 Å². The van der Waals surface area contributed by atoms with Crippen molar-refractivity contribution in [3.05, 3.63) is 60.4 Å². The molecule has 0 unspecified atom stereocenters. The minimum absolute atomic E-state index is 0.0881. The molecule has 0 bridgehead atoms. The SMILES string of the molecule is O=C(Nc1ccc(F)cc1)C1(C(=O)N2CCN(c3ccccc3)CC2)CC1. The molecule has 2 amide bonds. The molecule has 1 aliphatic heterocycles. The van der Waals surface area contributed by atoms with Crippen LogP contribution in [0.2, 0.25) is 0 Å². The molecule has 5 nitrogen and oxygen atoms in total. The van der Waals surface area contributed by atoms with Gasteiger partial charge < -0.3 is 15.1 Å². The number of carbonyl (C=O) groups is 2. The normalized spacial score (nSPS) is 18.1. The van der Waals surface area contributed by atoms with Crippen LogP contribution in [-0.4, -0.2) is 42.9 Å². The smallest absolute Gasteiger partial charge is 0.240 e. The van der Waals surface area contributed by atoms with E-state index in [9.17, 15) is 14.0 Å². The van der Waals surface area contributed by atoms with Gasteiger partial charge in [0.15, 0.2) is 0 Å². The van der Waals surface area contributed by atoms with Crippen molar-refractivity contribution in [2.24, 2.45) is 5.41 Å². The fourth-order valence-electron chi connectivity index (χ4n) is 3.56. The quantitative estimate of drug-likeness (QED) is 0.846. The molecule has 0 spiro atoms. The molecule has 1 saturated heterocycles. The first kappa shape index (κ1) is 17.5. The molecule has 140 valence electrons. The zero-order valence-electron chi connectivity index (χ0n) is 15.0. The summed E-state index contributed by atoms with van der Waals surface area (Å²) in [6.45, 7) is 2.73. The summed E-state index contributed by atoms with van der Waals surface area (Å²) >= 11 is 0. The lowest BCUT2D eigenvalue weighted by Crippen LogP contribution is -2.52. The van der Waals surface area contributed by atoms with Crippen LogP contribution >= 0.6 is 0 Å². The number of para-hydroxylation sites is 1. The average molecular weight is 367 g/mol. The van der Waals surface area contributed by atoms with E-state index in [0.29, 0.717) is 31.6 Å². The van der Waals surface area contributed by atoms with E-state index in [0.717, 1.165) is 18.8 Å². The van der Waals surface area contributed by atoms with Gasteiger partial charge in [-0.05, 0) is 49.2 Å². The first-order valence-electron chi connectivity index (χ1n) is 9.25. The third kappa shape index (κ3) is 3.52. The number of benzene rings is 2. The summed E-state index contributed by atoms with van der Waals surface area (Å²) < 4.78 is 13.0. The van der Waals surface area contributed by atoms with Crippen LogP contribution in [0.5, 0.6) is 0 Å². The highest BCUT2D eigenvalue weighted by atomic mass is 19.1. The Balaban J connectivity index is 1.38. The van der Waals surface area contributed by atoms with E-state index in [-0.39, 0.29) is 17.6 Å². The van der Waals surface area contributed by atoms with Gasteiger partial charge in [-0.25, -0.2) is 4.39 Å². The monoisotopic (exact) mass is 367 g/mol. The number of nitrogens with one attached hydrogen (secondary N) is 1. The summed E-state index contributed by atoms with van der Waals surface area (Å²) in [5.41, 5.74) is 0.706. The molecule has 27 heavy (non-hydrogen) atoms.